The summed E-state index contributed by atoms with van der Waals surface area (Å²) in [4.78, 5) is 29.9. The van der Waals surface area contributed by atoms with Crippen LogP contribution in [-0.2, 0) is 32.6 Å². The smallest absolute Gasteiger partial charge is 0.264 e. The van der Waals surface area contributed by atoms with E-state index in [1.807, 2.05) is 44.2 Å². The first-order valence-electron chi connectivity index (χ1n) is 14.8. The third kappa shape index (κ3) is 8.82. The van der Waals surface area contributed by atoms with E-state index in [1.165, 1.54) is 29.2 Å². The van der Waals surface area contributed by atoms with Gasteiger partial charge in [0.05, 0.1) is 10.6 Å². The van der Waals surface area contributed by atoms with Gasteiger partial charge < -0.3 is 10.2 Å². The molecule has 2 amide bonds. The van der Waals surface area contributed by atoms with E-state index in [0.717, 1.165) is 9.87 Å². The summed E-state index contributed by atoms with van der Waals surface area (Å²) in [5, 5.41) is 4.13. The van der Waals surface area contributed by atoms with Crippen molar-refractivity contribution in [2.24, 2.45) is 0 Å². The predicted octanol–water partition coefficient (Wildman–Crippen LogP) is 7.71. The van der Waals surface area contributed by atoms with E-state index in [2.05, 4.69) is 5.32 Å². The maximum Gasteiger partial charge on any atom is 0.264 e. The molecule has 2 atom stereocenters. The van der Waals surface area contributed by atoms with Crippen molar-refractivity contribution in [3.63, 3.8) is 0 Å². The molecule has 0 aliphatic rings. The molecule has 0 saturated heterocycles. The van der Waals surface area contributed by atoms with Crippen molar-refractivity contribution in [1.29, 1.82) is 0 Å². The maximum absolute atomic E-state index is 14.6. The standard InChI is InChI=1S/C35H36Cl3N3O4S/c1-4-25(3)39-35(43)33(20-26-11-6-5-7-12-26)40(22-27-14-15-29(37)21-31(27)38)34(42)23-41(32-13-9-8-10-24(32)2)46(44,45)30-18-16-28(36)17-19-30/h5-19,21,25,33H,4,20,22-23H2,1-3H3,(H,39,43)/t25-,33+/m0/s1. The van der Waals surface area contributed by atoms with Crippen molar-refractivity contribution in [3.05, 3.63) is 129 Å². The molecule has 46 heavy (non-hydrogen) atoms. The molecule has 11 heteroatoms. The normalized spacial score (nSPS) is 12.7. The van der Waals surface area contributed by atoms with E-state index in [-0.39, 0.29) is 29.8 Å². The number of halogens is 3. The van der Waals surface area contributed by atoms with Crippen LogP contribution in [0.2, 0.25) is 15.1 Å². The van der Waals surface area contributed by atoms with Gasteiger partial charge in [-0.05, 0) is 79.4 Å². The zero-order valence-electron chi connectivity index (χ0n) is 25.8. The Hall–Kier alpha value is -3.56. The van der Waals surface area contributed by atoms with Crippen molar-refractivity contribution < 1.29 is 18.0 Å². The molecule has 1 N–H and O–H groups in total. The number of nitrogens with zero attached hydrogens (tertiary/aromatic N) is 2. The molecule has 0 fully saturated rings. The van der Waals surface area contributed by atoms with Gasteiger partial charge in [-0.25, -0.2) is 8.42 Å². The average Bonchev–Trinajstić information content (AvgIpc) is 3.03. The zero-order chi connectivity index (χ0) is 33.4. The fraction of sp³-hybridized carbons (Fsp3) is 0.257. The molecule has 0 unspecified atom stereocenters. The first kappa shape index (κ1) is 35.3. The molecule has 7 nitrogen and oxygen atoms in total. The molecule has 0 saturated carbocycles. The molecule has 4 aromatic rings. The van der Waals surface area contributed by atoms with Crippen LogP contribution in [0.1, 0.15) is 37.0 Å². The fourth-order valence-corrected chi connectivity index (χ4v) is 6.99. The molecule has 0 heterocycles. The maximum atomic E-state index is 14.6. The van der Waals surface area contributed by atoms with Gasteiger partial charge in [-0.2, -0.15) is 0 Å². The van der Waals surface area contributed by atoms with Gasteiger partial charge in [0.2, 0.25) is 11.8 Å². The highest BCUT2D eigenvalue weighted by molar-refractivity contribution is 7.92. The van der Waals surface area contributed by atoms with Gasteiger partial charge in [0, 0.05) is 34.1 Å². The van der Waals surface area contributed by atoms with Crippen molar-refractivity contribution in [1.82, 2.24) is 10.2 Å². The molecule has 0 aromatic heterocycles. The third-order valence-corrected chi connectivity index (χ3v) is 10.3. The summed E-state index contributed by atoms with van der Waals surface area (Å²) < 4.78 is 29.4. The van der Waals surface area contributed by atoms with Gasteiger partial charge in [0.25, 0.3) is 10.0 Å². The van der Waals surface area contributed by atoms with E-state index in [0.29, 0.717) is 38.3 Å². The van der Waals surface area contributed by atoms with Crippen LogP contribution in [0, 0.1) is 6.92 Å². The monoisotopic (exact) mass is 699 g/mol. The second kappa shape index (κ2) is 15.8. The quantitative estimate of drug-likeness (QED) is 0.155. The lowest BCUT2D eigenvalue weighted by atomic mass is 10.0. The van der Waals surface area contributed by atoms with Crippen LogP contribution >= 0.6 is 34.8 Å². The van der Waals surface area contributed by atoms with Crippen molar-refractivity contribution in [2.45, 2.75) is 57.1 Å². The molecule has 0 aliphatic carbocycles. The SMILES string of the molecule is CC[C@H](C)NC(=O)[C@@H](Cc1ccccc1)N(Cc1ccc(Cl)cc1Cl)C(=O)CN(c1ccccc1C)S(=O)(=O)c1ccc(Cl)cc1. The number of carbonyl (C=O) groups is 2. The first-order chi connectivity index (χ1) is 21.9. The minimum atomic E-state index is -4.25. The van der Waals surface area contributed by atoms with E-state index in [9.17, 15) is 18.0 Å². The van der Waals surface area contributed by atoms with Gasteiger partial charge in [0.15, 0.2) is 0 Å². The number of hydrogen-bond donors (Lipinski definition) is 1. The lowest BCUT2D eigenvalue weighted by Crippen LogP contribution is -2.54. The van der Waals surface area contributed by atoms with Crippen molar-refractivity contribution >= 4 is 62.3 Å². The zero-order valence-corrected chi connectivity index (χ0v) is 28.9. The van der Waals surface area contributed by atoms with Crippen molar-refractivity contribution in [2.75, 3.05) is 10.8 Å². The van der Waals surface area contributed by atoms with E-state index in [4.69, 9.17) is 34.8 Å². The summed E-state index contributed by atoms with van der Waals surface area (Å²) in [7, 11) is -4.25. The van der Waals surface area contributed by atoms with Crippen LogP contribution in [0.15, 0.2) is 102 Å². The van der Waals surface area contributed by atoms with E-state index >= 15 is 0 Å². The van der Waals surface area contributed by atoms with Crippen LogP contribution in [0.5, 0.6) is 0 Å². The Morgan fingerprint density at radius 2 is 1.48 bits per heavy atom. The van der Waals surface area contributed by atoms with Gasteiger partial charge in [-0.15, -0.1) is 0 Å². The number of benzene rings is 4. The van der Waals surface area contributed by atoms with Gasteiger partial charge in [-0.1, -0.05) is 96.3 Å². The highest BCUT2D eigenvalue weighted by atomic mass is 35.5. The van der Waals surface area contributed by atoms with Crippen LogP contribution in [0.3, 0.4) is 0 Å². The Balaban J connectivity index is 1.84. The Bertz CT molecular complexity index is 1770. The largest absolute Gasteiger partial charge is 0.352 e. The van der Waals surface area contributed by atoms with Gasteiger partial charge in [0.1, 0.15) is 12.6 Å². The Labute approximate surface area is 286 Å². The molecule has 242 valence electrons. The minimum Gasteiger partial charge on any atom is -0.352 e. The molecular formula is C35H36Cl3N3O4S. The van der Waals surface area contributed by atoms with Crippen LogP contribution in [-0.4, -0.2) is 43.8 Å². The number of rotatable bonds is 13. The lowest BCUT2D eigenvalue weighted by molar-refractivity contribution is -0.140. The molecule has 4 rings (SSSR count). The third-order valence-electron chi connectivity index (χ3n) is 7.69. The summed E-state index contributed by atoms with van der Waals surface area (Å²) in [6.45, 7) is 4.96. The summed E-state index contributed by atoms with van der Waals surface area (Å²) in [5.41, 5.74) is 2.36. The van der Waals surface area contributed by atoms with Crippen LogP contribution in [0.4, 0.5) is 5.69 Å². The number of nitrogens with one attached hydrogen (secondary N) is 1. The van der Waals surface area contributed by atoms with Gasteiger partial charge >= 0.3 is 0 Å². The summed E-state index contributed by atoms with van der Waals surface area (Å²) in [6, 6.07) is 25.8. The first-order valence-corrected chi connectivity index (χ1v) is 17.4. The summed E-state index contributed by atoms with van der Waals surface area (Å²) >= 11 is 18.8. The molecule has 0 radical (unpaired) electrons. The van der Waals surface area contributed by atoms with Crippen molar-refractivity contribution in [3.8, 4) is 0 Å². The van der Waals surface area contributed by atoms with E-state index in [1.54, 1.807) is 49.4 Å². The molecule has 4 aromatic carbocycles. The molecule has 0 spiro atoms. The van der Waals surface area contributed by atoms with E-state index < -0.39 is 28.5 Å². The molecule has 0 bridgehead atoms. The Morgan fingerprint density at radius 3 is 2.11 bits per heavy atom. The van der Waals surface area contributed by atoms with Gasteiger partial charge in [-0.3, -0.25) is 13.9 Å². The number of sulfonamides is 1. The highest BCUT2D eigenvalue weighted by Gasteiger charge is 2.35. The Morgan fingerprint density at radius 1 is 0.848 bits per heavy atom. The number of amides is 2. The van der Waals surface area contributed by atoms with Crippen LogP contribution in [0.25, 0.3) is 0 Å². The number of hydrogen-bond acceptors (Lipinski definition) is 4. The number of para-hydroxylation sites is 1. The molecule has 0 aliphatic heterocycles. The highest BCUT2D eigenvalue weighted by Crippen LogP contribution is 2.29. The van der Waals surface area contributed by atoms with Crippen LogP contribution < -0.4 is 9.62 Å². The number of aryl methyl sites for hydroxylation is 1. The summed E-state index contributed by atoms with van der Waals surface area (Å²) in [6.07, 6.45) is 0.871. The predicted molar refractivity (Wildman–Crippen MR) is 186 cm³/mol. The second-order valence-corrected chi connectivity index (χ2v) is 14.2. The average molecular weight is 701 g/mol. The topological polar surface area (TPSA) is 86.8 Å². The Kier molecular flexibility index (Phi) is 12.1. The minimum absolute atomic E-state index is 0.0319. The number of anilines is 1. The number of carbonyl (C=O) groups excluding carboxylic acids is 2. The fourth-order valence-electron chi connectivity index (χ4n) is 4.92. The molecular weight excluding hydrogens is 665 g/mol. The second-order valence-electron chi connectivity index (χ2n) is 11.0. The summed E-state index contributed by atoms with van der Waals surface area (Å²) in [5.74, 6) is -0.952. The lowest BCUT2D eigenvalue weighted by Gasteiger charge is -2.34.